The Labute approximate surface area is 252 Å². The molecule has 8 nitrogen and oxygen atoms in total. The van der Waals surface area contributed by atoms with Gasteiger partial charge in [0.15, 0.2) is 0 Å². The number of halogens is 2. The third kappa shape index (κ3) is 7.58. The van der Waals surface area contributed by atoms with Gasteiger partial charge in [0.25, 0.3) is 5.92 Å². The number of urea groups is 1. The maximum atomic E-state index is 15.0. The van der Waals surface area contributed by atoms with Crippen molar-refractivity contribution in [1.82, 2.24) is 10.2 Å². The molecule has 0 saturated heterocycles. The maximum Gasteiger partial charge on any atom is 0.329 e. The van der Waals surface area contributed by atoms with E-state index in [9.17, 15) is 14.7 Å². The molecular weight excluding hydrogens is 558 g/mol. The molecule has 2 aliphatic rings. The molecule has 2 aromatic carbocycles. The quantitative estimate of drug-likeness (QED) is 0.214. The van der Waals surface area contributed by atoms with E-state index in [1.165, 1.54) is 17.0 Å². The van der Waals surface area contributed by atoms with Gasteiger partial charge in [-0.15, -0.1) is 0 Å². The molecule has 2 aliphatic carbocycles. The Morgan fingerprint density at radius 1 is 1.05 bits per heavy atom. The van der Waals surface area contributed by atoms with Gasteiger partial charge in [0, 0.05) is 43.5 Å². The molecule has 2 fully saturated rings. The second kappa shape index (κ2) is 13.9. The molecule has 0 heterocycles. The van der Waals surface area contributed by atoms with Gasteiger partial charge in [0.1, 0.15) is 17.0 Å². The van der Waals surface area contributed by atoms with Crippen LogP contribution in [0.4, 0.5) is 13.6 Å². The highest BCUT2D eigenvalue weighted by atomic mass is 19.3. The molecule has 0 spiro atoms. The number of amides is 2. The van der Waals surface area contributed by atoms with Crippen molar-refractivity contribution in [1.29, 1.82) is 0 Å². The minimum Gasteiger partial charge on any atom is -0.493 e. The number of alkyl halides is 2. The smallest absolute Gasteiger partial charge is 0.329 e. The SMILES string of the molecule is CCOc1cc([C@@H](C)N(CCCC(F)(F)c2ccccc2)C(=O)NC2(C(=O)O)CC(OCC)C2)cc(OCC)c1C1CC1. The van der Waals surface area contributed by atoms with Crippen LogP contribution in [-0.4, -0.2) is 60.0 Å². The van der Waals surface area contributed by atoms with E-state index in [0.717, 1.165) is 18.4 Å². The Bertz CT molecular complexity index is 1220. The Balaban J connectivity index is 1.62. The molecule has 2 amide bonds. The number of benzene rings is 2. The van der Waals surface area contributed by atoms with Crippen molar-refractivity contribution < 1.29 is 37.7 Å². The van der Waals surface area contributed by atoms with Gasteiger partial charge in [-0.3, -0.25) is 0 Å². The summed E-state index contributed by atoms with van der Waals surface area (Å²) < 4.78 is 47.7. The molecule has 2 saturated carbocycles. The van der Waals surface area contributed by atoms with Crippen molar-refractivity contribution in [3.8, 4) is 11.5 Å². The van der Waals surface area contributed by atoms with E-state index in [1.807, 2.05) is 39.8 Å². The lowest BCUT2D eigenvalue weighted by molar-refractivity contribution is -0.156. The number of hydrogen-bond donors (Lipinski definition) is 2. The van der Waals surface area contributed by atoms with Gasteiger partial charge in [0.05, 0.1) is 25.4 Å². The molecule has 10 heteroatoms. The highest BCUT2D eigenvalue weighted by molar-refractivity contribution is 5.87. The first-order chi connectivity index (χ1) is 20.5. The number of hydrogen-bond acceptors (Lipinski definition) is 5. The fourth-order valence-corrected chi connectivity index (χ4v) is 5.81. The predicted molar refractivity (Wildman–Crippen MR) is 159 cm³/mol. The number of nitrogens with one attached hydrogen (secondary N) is 1. The number of carbonyl (C=O) groups excluding carboxylic acids is 1. The van der Waals surface area contributed by atoms with Crippen LogP contribution in [0.15, 0.2) is 42.5 Å². The summed E-state index contributed by atoms with van der Waals surface area (Å²) in [7, 11) is 0. The van der Waals surface area contributed by atoms with Crippen LogP contribution < -0.4 is 14.8 Å². The van der Waals surface area contributed by atoms with Crippen LogP contribution in [0.2, 0.25) is 0 Å². The molecule has 43 heavy (non-hydrogen) atoms. The summed E-state index contributed by atoms with van der Waals surface area (Å²) in [6.45, 7) is 8.76. The van der Waals surface area contributed by atoms with Crippen molar-refractivity contribution >= 4 is 12.0 Å². The van der Waals surface area contributed by atoms with Gasteiger partial charge in [-0.1, -0.05) is 30.3 Å². The molecule has 1 atom stereocenters. The molecule has 0 unspecified atom stereocenters. The number of rotatable bonds is 16. The summed E-state index contributed by atoms with van der Waals surface area (Å²) in [4.78, 5) is 27.5. The van der Waals surface area contributed by atoms with Gasteiger partial charge in [-0.05, 0) is 70.6 Å². The van der Waals surface area contributed by atoms with Crippen LogP contribution >= 0.6 is 0 Å². The van der Waals surface area contributed by atoms with E-state index in [-0.39, 0.29) is 37.5 Å². The summed E-state index contributed by atoms with van der Waals surface area (Å²) in [6.07, 6.45) is 1.61. The van der Waals surface area contributed by atoms with Gasteiger partial charge in [-0.25, -0.2) is 18.4 Å². The average Bonchev–Trinajstić information content (AvgIpc) is 3.79. The number of carboxylic acids is 1. The van der Waals surface area contributed by atoms with Crippen LogP contribution in [0, 0.1) is 0 Å². The maximum absolute atomic E-state index is 15.0. The Morgan fingerprint density at radius 2 is 1.65 bits per heavy atom. The highest BCUT2D eigenvalue weighted by Crippen LogP contribution is 2.50. The van der Waals surface area contributed by atoms with Crippen LogP contribution in [0.5, 0.6) is 11.5 Å². The van der Waals surface area contributed by atoms with Crippen LogP contribution in [-0.2, 0) is 15.5 Å². The number of carbonyl (C=O) groups is 2. The zero-order valence-electron chi connectivity index (χ0n) is 25.5. The number of nitrogens with zero attached hydrogens (tertiary/aromatic N) is 1. The molecule has 0 aliphatic heterocycles. The van der Waals surface area contributed by atoms with E-state index >= 15 is 8.78 Å². The first-order valence-corrected chi connectivity index (χ1v) is 15.4. The fraction of sp³-hybridized carbons (Fsp3) is 0.576. The zero-order chi connectivity index (χ0) is 31.2. The normalized spacial score (nSPS) is 20.6. The largest absolute Gasteiger partial charge is 0.493 e. The van der Waals surface area contributed by atoms with E-state index in [4.69, 9.17) is 14.2 Å². The molecule has 0 radical (unpaired) electrons. The standard InChI is InChI=1S/C33H44F2N2O6/c1-5-41-26-20-32(21-26,30(38)39)36-31(40)37(17-11-16-33(34,35)25-12-9-8-10-13-25)22(4)24-18-27(42-6-2)29(23-14-15-23)28(19-24)43-7-3/h8-10,12-13,18-19,22-23,26H,5-7,11,14-17,20-21H2,1-4H3,(H,36,40)(H,38,39)/t22-,26?,32?/m1/s1. The average molecular weight is 603 g/mol. The van der Waals surface area contributed by atoms with Gasteiger partial charge in [0.2, 0.25) is 0 Å². The number of carboxylic acid groups (broad SMARTS) is 1. The van der Waals surface area contributed by atoms with Gasteiger partial charge >= 0.3 is 12.0 Å². The predicted octanol–water partition coefficient (Wildman–Crippen LogP) is 7.03. The summed E-state index contributed by atoms with van der Waals surface area (Å²) in [5.41, 5.74) is 0.163. The Hall–Kier alpha value is -3.40. The Kier molecular flexibility index (Phi) is 10.5. The molecule has 0 aromatic heterocycles. The van der Waals surface area contributed by atoms with Crippen molar-refractivity contribution in [3.05, 3.63) is 59.2 Å². The molecule has 4 rings (SSSR count). The second-order valence-corrected chi connectivity index (χ2v) is 11.4. The molecular formula is C33H44F2N2O6. The van der Waals surface area contributed by atoms with Crippen LogP contribution in [0.3, 0.4) is 0 Å². The van der Waals surface area contributed by atoms with E-state index in [0.29, 0.717) is 42.8 Å². The molecule has 236 valence electrons. The summed E-state index contributed by atoms with van der Waals surface area (Å²) >= 11 is 0. The highest BCUT2D eigenvalue weighted by Gasteiger charge is 2.53. The lowest BCUT2D eigenvalue weighted by Gasteiger charge is -2.45. The first-order valence-electron chi connectivity index (χ1n) is 15.4. The topological polar surface area (TPSA) is 97.3 Å². The summed E-state index contributed by atoms with van der Waals surface area (Å²) in [6, 6.07) is 10.2. The lowest BCUT2D eigenvalue weighted by Crippen LogP contribution is -2.66. The third-order valence-corrected chi connectivity index (χ3v) is 8.32. The van der Waals surface area contributed by atoms with Crippen molar-refractivity contribution in [2.75, 3.05) is 26.4 Å². The Morgan fingerprint density at radius 3 is 2.16 bits per heavy atom. The summed E-state index contributed by atoms with van der Waals surface area (Å²) in [5, 5.41) is 12.7. The monoisotopic (exact) mass is 602 g/mol. The minimum absolute atomic E-state index is 0.00190. The number of ether oxygens (including phenoxy) is 3. The van der Waals surface area contributed by atoms with Gasteiger partial charge in [-0.2, -0.15) is 0 Å². The second-order valence-electron chi connectivity index (χ2n) is 11.4. The van der Waals surface area contributed by atoms with Crippen molar-refractivity contribution in [2.45, 2.75) is 95.7 Å². The molecule has 2 N–H and O–H groups in total. The number of aliphatic carboxylic acids is 1. The minimum atomic E-state index is -3.08. The molecule has 0 bridgehead atoms. The zero-order valence-corrected chi connectivity index (χ0v) is 25.5. The van der Waals surface area contributed by atoms with Crippen LogP contribution in [0.1, 0.15) is 94.9 Å². The van der Waals surface area contributed by atoms with E-state index in [2.05, 4.69) is 5.32 Å². The van der Waals surface area contributed by atoms with Crippen molar-refractivity contribution in [3.63, 3.8) is 0 Å². The molecule has 2 aromatic rings. The van der Waals surface area contributed by atoms with Gasteiger partial charge < -0.3 is 29.5 Å². The third-order valence-electron chi connectivity index (χ3n) is 8.32. The fourth-order valence-electron chi connectivity index (χ4n) is 5.81. The summed E-state index contributed by atoms with van der Waals surface area (Å²) in [5.74, 6) is -2.50. The van der Waals surface area contributed by atoms with E-state index in [1.54, 1.807) is 18.2 Å². The van der Waals surface area contributed by atoms with Crippen molar-refractivity contribution in [2.24, 2.45) is 0 Å². The lowest BCUT2D eigenvalue weighted by atomic mass is 9.74. The van der Waals surface area contributed by atoms with E-state index < -0.39 is 35.9 Å². The van der Waals surface area contributed by atoms with Crippen LogP contribution in [0.25, 0.3) is 0 Å². The first kappa shape index (κ1) is 32.5.